The molecule has 1 amide bonds. The summed E-state index contributed by atoms with van der Waals surface area (Å²) < 4.78 is 26.8. The van der Waals surface area contributed by atoms with Gasteiger partial charge in [0.2, 0.25) is 5.91 Å². The first kappa shape index (κ1) is 23.3. The zero-order valence-electron chi connectivity index (χ0n) is 18.7. The minimum absolute atomic E-state index is 0.0996. The largest absolute Gasteiger partial charge is 0.497 e. The molecule has 3 aromatic rings. The van der Waals surface area contributed by atoms with Crippen molar-refractivity contribution in [1.82, 2.24) is 20.1 Å². The first-order chi connectivity index (χ1) is 16.0. The van der Waals surface area contributed by atoms with E-state index in [0.29, 0.717) is 17.3 Å². The van der Waals surface area contributed by atoms with Crippen LogP contribution in [0.1, 0.15) is 24.0 Å². The molecule has 1 atom stereocenters. The maximum atomic E-state index is 13.7. The second-order valence-electron chi connectivity index (χ2n) is 7.93. The Kier molecular flexibility index (Phi) is 7.61. The quantitative estimate of drug-likeness (QED) is 0.477. The summed E-state index contributed by atoms with van der Waals surface area (Å²) in [4.78, 5) is 12.4. The predicted molar refractivity (Wildman–Crippen MR) is 125 cm³/mol. The number of methoxy groups -OCH3 is 1. The molecule has 1 aliphatic heterocycles. The van der Waals surface area contributed by atoms with Crippen LogP contribution in [0.25, 0.3) is 11.4 Å². The highest BCUT2D eigenvalue weighted by Crippen LogP contribution is 2.27. The molecule has 1 aliphatic rings. The van der Waals surface area contributed by atoms with Crippen LogP contribution in [0.5, 0.6) is 5.75 Å². The molecule has 9 heteroatoms. The summed E-state index contributed by atoms with van der Waals surface area (Å²) in [6, 6.07) is 12.6. The Morgan fingerprint density at radius 3 is 2.79 bits per heavy atom. The third-order valence-corrected chi connectivity index (χ3v) is 6.50. The van der Waals surface area contributed by atoms with Gasteiger partial charge < -0.3 is 14.8 Å². The molecule has 0 radical (unpaired) electrons. The molecule has 2 heterocycles. The molecule has 0 spiro atoms. The van der Waals surface area contributed by atoms with Crippen molar-refractivity contribution < 1.29 is 18.7 Å². The van der Waals surface area contributed by atoms with Gasteiger partial charge in [0, 0.05) is 18.7 Å². The highest BCUT2D eigenvalue weighted by Gasteiger charge is 2.22. The van der Waals surface area contributed by atoms with Crippen LogP contribution >= 0.6 is 11.8 Å². The van der Waals surface area contributed by atoms with E-state index in [-0.39, 0.29) is 30.1 Å². The lowest BCUT2D eigenvalue weighted by atomic mass is 10.1. The first-order valence-electron chi connectivity index (χ1n) is 10.9. The highest BCUT2D eigenvalue weighted by atomic mass is 32.2. The fourth-order valence-electron chi connectivity index (χ4n) is 3.63. The summed E-state index contributed by atoms with van der Waals surface area (Å²) in [5, 5.41) is 12.2. The van der Waals surface area contributed by atoms with Crippen molar-refractivity contribution >= 4 is 17.7 Å². The average Bonchev–Trinajstić information content (AvgIpc) is 3.49. The van der Waals surface area contributed by atoms with Crippen molar-refractivity contribution in [2.45, 2.75) is 44.1 Å². The van der Waals surface area contributed by atoms with Crippen LogP contribution < -0.4 is 10.1 Å². The standard InChI is InChI=1S/C24H27FN4O3S/c1-16-5-6-17(12-21(16)25)13-26-22(30)15-33-24-28-27-23(18-7-9-19(31-2)10-8-18)29(24)14-20-4-3-11-32-20/h5-10,12,20H,3-4,11,13-15H2,1-2H3,(H,26,30). The number of thioether (sulfide) groups is 1. The third kappa shape index (κ3) is 5.91. The summed E-state index contributed by atoms with van der Waals surface area (Å²) in [5.41, 5.74) is 2.22. The molecule has 174 valence electrons. The second-order valence-corrected chi connectivity index (χ2v) is 8.87. The zero-order valence-corrected chi connectivity index (χ0v) is 19.5. The van der Waals surface area contributed by atoms with Crippen molar-refractivity contribution in [2.24, 2.45) is 0 Å². The van der Waals surface area contributed by atoms with Crippen molar-refractivity contribution in [2.75, 3.05) is 19.5 Å². The monoisotopic (exact) mass is 470 g/mol. The Balaban J connectivity index is 1.43. The molecule has 4 rings (SSSR count). The normalized spacial score (nSPS) is 15.5. The molecule has 1 saturated heterocycles. The fraction of sp³-hybridized carbons (Fsp3) is 0.375. The third-order valence-electron chi connectivity index (χ3n) is 5.53. The van der Waals surface area contributed by atoms with Gasteiger partial charge in [-0.05, 0) is 61.2 Å². The maximum Gasteiger partial charge on any atom is 0.230 e. The van der Waals surface area contributed by atoms with Gasteiger partial charge in [-0.25, -0.2) is 4.39 Å². The van der Waals surface area contributed by atoms with Crippen molar-refractivity contribution in [3.63, 3.8) is 0 Å². The van der Waals surface area contributed by atoms with Gasteiger partial charge in [0.25, 0.3) is 0 Å². The lowest BCUT2D eigenvalue weighted by Gasteiger charge is -2.15. The molecule has 0 aliphatic carbocycles. The Bertz CT molecular complexity index is 1100. The van der Waals surface area contributed by atoms with E-state index < -0.39 is 0 Å². The van der Waals surface area contributed by atoms with E-state index >= 15 is 0 Å². The number of nitrogens with zero attached hydrogens (tertiary/aromatic N) is 3. The second kappa shape index (κ2) is 10.8. The zero-order chi connectivity index (χ0) is 23.2. The molecule has 2 aromatic carbocycles. The predicted octanol–water partition coefficient (Wildman–Crippen LogP) is 3.99. The molecule has 33 heavy (non-hydrogen) atoms. The Labute approximate surface area is 196 Å². The van der Waals surface area contributed by atoms with Crippen LogP contribution in [0, 0.1) is 12.7 Å². The number of carbonyl (C=O) groups is 1. The SMILES string of the molecule is COc1ccc(-c2nnc(SCC(=O)NCc3ccc(C)c(F)c3)n2CC2CCCO2)cc1. The van der Waals surface area contributed by atoms with Gasteiger partial charge in [0.15, 0.2) is 11.0 Å². The number of aryl methyl sites for hydroxylation is 1. The summed E-state index contributed by atoms with van der Waals surface area (Å²) in [5.74, 6) is 1.25. The fourth-order valence-corrected chi connectivity index (χ4v) is 4.41. The number of halogens is 1. The lowest BCUT2D eigenvalue weighted by Crippen LogP contribution is -2.25. The summed E-state index contributed by atoms with van der Waals surface area (Å²) in [6.45, 7) is 3.37. The van der Waals surface area contributed by atoms with Gasteiger partial charge in [0.05, 0.1) is 25.5 Å². The Morgan fingerprint density at radius 1 is 1.27 bits per heavy atom. The number of hydrogen-bond donors (Lipinski definition) is 1. The molecule has 1 aromatic heterocycles. The van der Waals surface area contributed by atoms with E-state index in [4.69, 9.17) is 9.47 Å². The molecule has 0 bridgehead atoms. The van der Waals surface area contributed by atoms with Crippen molar-refractivity contribution in [3.05, 3.63) is 59.4 Å². The first-order valence-corrected chi connectivity index (χ1v) is 11.9. The van der Waals surface area contributed by atoms with Crippen LogP contribution in [0.4, 0.5) is 4.39 Å². The van der Waals surface area contributed by atoms with Gasteiger partial charge >= 0.3 is 0 Å². The molecule has 1 N–H and O–H groups in total. The lowest BCUT2D eigenvalue weighted by molar-refractivity contribution is -0.118. The van der Waals surface area contributed by atoms with Crippen LogP contribution in [0.3, 0.4) is 0 Å². The van der Waals surface area contributed by atoms with E-state index in [1.807, 2.05) is 34.9 Å². The molecule has 7 nitrogen and oxygen atoms in total. The number of carbonyl (C=O) groups excluding carboxylic acids is 1. The maximum absolute atomic E-state index is 13.7. The summed E-state index contributed by atoms with van der Waals surface area (Å²) in [6.07, 6.45) is 2.12. The van der Waals surface area contributed by atoms with E-state index in [1.54, 1.807) is 20.1 Å². The minimum Gasteiger partial charge on any atom is -0.497 e. The number of amides is 1. The topological polar surface area (TPSA) is 78.3 Å². The van der Waals surface area contributed by atoms with Gasteiger partial charge in [0.1, 0.15) is 11.6 Å². The summed E-state index contributed by atoms with van der Waals surface area (Å²) in [7, 11) is 1.63. The van der Waals surface area contributed by atoms with E-state index in [1.165, 1.54) is 17.8 Å². The van der Waals surface area contributed by atoms with E-state index in [0.717, 1.165) is 42.1 Å². The van der Waals surface area contributed by atoms with Gasteiger partial charge in [-0.2, -0.15) is 0 Å². The number of hydrogen-bond acceptors (Lipinski definition) is 6. The molecule has 1 fully saturated rings. The summed E-state index contributed by atoms with van der Waals surface area (Å²) >= 11 is 1.33. The van der Waals surface area contributed by atoms with Crippen LogP contribution in [-0.2, 0) is 22.6 Å². The van der Waals surface area contributed by atoms with Gasteiger partial charge in [-0.15, -0.1) is 10.2 Å². The van der Waals surface area contributed by atoms with E-state index in [9.17, 15) is 9.18 Å². The number of ether oxygens (including phenoxy) is 2. The van der Waals surface area contributed by atoms with Gasteiger partial charge in [-0.3, -0.25) is 9.36 Å². The Hall–Kier alpha value is -2.91. The highest BCUT2D eigenvalue weighted by molar-refractivity contribution is 7.99. The molecule has 1 unspecified atom stereocenters. The number of aromatic nitrogens is 3. The van der Waals surface area contributed by atoms with Crippen molar-refractivity contribution in [3.8, 4) is 17.1 Å². The minimum atomic E-state index is -0.274. The van der Waals surface area contributed by atoms with Gasteiger partial charge in [-0.1, -0.05) is 23.9 Å². The van der Waals surface area contributed by atoms with E-state index in [2.05, 4.69) is 15.5 Å². The van der Waals surface area contributed by atoms with Crippen LogP contribution in [0.2, 0.25) is 0 Å². The Morgan fingerprint density at radius 2 is 2.09 bits per heavy atom. The molecular weight excluding hydrogens is 443 g/mol. The molecule has 0 saturated carbocycles. The van der Waals surface area contributed by atoms with Crippen LogP contribution in [-0.4, -0.2) is 46.2 Å². The number of rotatable bonds is 9. The number of benzene rings is 2. The number of nitrogens with one attached hydrogen (secondary N) is 1. The average molecular weight is 471 g/mol. The smallest absolute Gasteiger partial charge is 0.230 e. The van der Waals surface area contributed by atoms with Crippen LogP contribution in [0.15, 0.2) is 47.6 Å². The molecular formula is C24H27FN4O3S. The van der Waals surface area contributed by atoms with Crippen molar-refractivity contribution in [1.29, 1.82) is 0 Å².